The first-order valence-corrected chi connectivity index (χ1v) is 9.26. The summed E-state index contributed by atoms with van der Waals surface area (Å²) in [6.45, 7) is 0. The van der Waals surface area contributed by atoms with Crippen LogP contribution >= 0.6 is 23.2 Å². The lowest BCUT2D eigenvalue weighted by Crippen LogP contribution is -2.43. The minimum absolute atomic E-state index is 0.0789. The van der Waals surface area contributed by atoms with Crippen LogP contribution in [-0.2, 0) is 5.60 Å². The summed E-state index contributed by atoms with van der Waals surface area (Å²) in [6, 6.07) is 16.6. The fraction of sp³-hybridized carbons (Fsp3) is 0.0952. The van der Waals surface area contributed by atoms with Gasteiger partial charge < -0.3 is 5.11 Å². The molecule has 0 fully saturated rings. The van der Waals surface area contributed by atoms with Crippen molar-refractivity contribution >= 4 is 34.1 Å². The average molecular weight is 437 g/mol. The zero-order valence-electron chi connectivity index (χ0n) is 14.7. The number of alkyl halides is 3. The molecule has 0 radical (unpaired) electrons. The number of aliphatic hydroxyl groups is 1. The van der Waals surface area contributed by atoms with Crippen LogP contribution in [0.2, 0.25) is 10.0 Å². The van der Waals surface area contributed by atoms with Gasteiger partial charge in [0.1, 0.15) is 0 Å². The van der Waals surface area contributed by atoms with E-state index in [1.54, 1.807) is 4.68 Å². The van der Waals surface area contributed by atoms with Gasteiger partial charge in [0.15, 0.2) is 0 Å². The summed E-state index contributed by atoms with van der Waals surface area (Å²) in [4.78, 5) is 0. The van der Waals surface area contributed by atoms with Gasteiger partial charge in [0.25, 0.3) is 0 Å². The van der Waals surface area contributed by atoms with E-state index >= 15 is 0 Å². The highest BCUT2D eigenvalue weighted by molar-refractivity contribution is 6.42. The standard InChI is InChI=1S/C21H13Cl2F3N2O/c22-17-8-6-15(11-18(17)23)20(29,21(24,25)26)14-7-9-19-13(10-14)12-27-28(19)16-4-2-1-3-5-16/h1-12,29H. The molecule has 0 bridgehead atoms. The quantitative estimate of drug-likeness (QED) is 0.419. The zero-order valence-corrected chi connectivity index (χ0v) is 16.2. The predicted octanol–water partition coefficient (Wildman–Crippen LogP) is 6.13. The third-order valence-corrected chi connectivity index (χ3v) is 5.47. The Kier molecular flexibility index (Phi) is 4.81. The summed E-state index contributed by atoms with van der Waals surface area (Å²) in [6.07, 6.45) is -3.54. The molecule has 1 aromatic heterocycles. The normalized spacial score (nSPS) is 14.1. The molecule has 0 saturated carbocycles. The lowest BCUT2D eigenvalue weighted by molar-refractivity contribution is -0.248. The van der Waals surface area contributed by atoms with Crippen molar-refractivity contribution in [3.63, 3.8) is 0 Å². The molecule has 148 valence electrons. The van der Waals surface area contributed by atoms with Crippen molar-refractivity contribution in [1.82, 2.24) is 9.78 Å². The highest BCUT2D eigenvalue weighted by Gasteiger charge is 2.56. The van der Waals surface area contributed by atoms with E-state index in [1.165, 1.54) is 30.5 Å². The molecule has 1 atom stereocenters. The zero-order chi connectivity index (χ0) is 20.8. The van der Waals surface area contributed by atoms with Crippen LogP contribution in [0.1, 0.15) is 11.1 Å². The second-order valence-electron chi connectivity index (χ2n) is 6.50. The minimum atomic E-state index is -4.99. The fourth-order valence-electron chi connectivity index (χ4n) is 3.25. The maximum absolute atomic E-state index is 14.0. The molecule has 1 N–H and O–H groups in total. The number of fused-ring (bicyclic) bond motifs is 1. The van der Waals surface area contributed by atoms with Crippen LogP contribution in [0.15, 0.2) is 72.9 Å². The molecule has 3 nitrogen and oxygen atoms in total. The summed E-state index contributed by atoms with van der Waals surface area (Å²) in [5.74, 6) is 0. The molecule has 1 unspecified atom stereocenters. The fourth-order valence-corrected chi connectivity index (χ4v) is 3.55. The van der Waals surface area contributed by atoms with Crippen LogP contribution in [0.5, 0.6) is 0 Å². The van der Waals surface area contributed by atoms with Crippen molar-refractivity contribution in [3.8, 4) is 5.69 Å². The maximum Gasteiger partial charge on any atom is 0.425 e. The van der Waals surface area contributed by atoms with Crippen molar-refractivity contribution < 1.29 is 18.3 Å². The van der Waals surface area contributed by atoms with Gasteiger partial charge in [-0.3, -0.25) is 0 Å². The molecule has 0 saturated heterocycles. The monoisotopic (exact) mass is 436 g/mol. The molecule has 0 aliphatic heterocycles. The summed E-state index contributed by atoms with van der Waals surface area (Å²) < 4.78 is 43.7. The van der Waals surface area contributed by atoms with E-state index in [9.17, 15) is 18.3 Å². The minimum Gasteiger partial charge on any atom is -0.372 e. The van der Waals surface area contributed by atoms with Gasteiger partial charge in [-0.05, 0) is 47.5 Å². The van der Waals surface area contributed by atoms with Crippen LogP contribution in [0.25, 0.3) is 16.6 Å². The number of rotatable bonds is 3. The van der Waals surface area contributed by atoms with Crippen molar-refractivity contribution in [2.24, 2.45) is 0 Å². The van der Waals surface area contributed by atoms with Crippen LogP contribution in [0.3, 0.4) is 0 Å². The van der Waals surface area contributed by atoms with Crippen molar-refractivity contribution in [3.05, 3.63) is 94.1 Å². The number of hydrogen-bond acceptors (Lipinski definition) is 2. The van der Waals surface area contributed by atoms with Gasteiger partial charge in [0.05, 0.1) is 27.4 Å². The van der Waals surface area contributed by atoms with E-state index in [4.69, 9.17) is 23.2 Å². The Balaban J connectivity index is 1.89. The highest BCUT2D eigenvalue weighted by atomic mass is 35.5. The molecule has 0 amide bonds. The van der Waals surface area contributed by atoms with Crippen LogP contribution < -0.4 is 0 Å². The van der Waals surface area contributed by atoms with E-state index in [1.807, 2.05) is 30.3 Å². The van der Waals surface area contributed by atoms with E-state index in [-0.39, 0.29) is 15.6 Å². The Bertz CT molecular complexity index is 1190. The van der Waals surface area contributed by atoms with Crippen molar-refractivity contribution in [2.45, 2.75) is 11.8 Å². The van der Waals surface area contributed by atoms with Crippen LogP contribution in [0.4, 0.5) is 13.2 Å². The molecule has 1 heterocycles. The van der Waals surface area contributed by atoms with Gasteiger partial charge >= 0.3 is 6.18 Å². The largest absolute Gasteiger partial charge is 0.425 e. The lowest BCUT2D eigenvalue weighted by atomic mass is 9.85. The summed E-state index contributed by atoms with van der Waals surface area (Å²) >= 11 is 11.7. The van der Waals surface area contributed by atoms with Gasteiger partial charge in [0, 0.05) is 5.39 Å². The molecular weight excluding hydrogens is 424 g/mol. The number of benzene rings is 3. The first-order chi connectivity index (χ1) is 13.7. The van der Waals surface area contributed by atoms with Gasteiger partial charge in [-0.15, -0.1) is 0 Å². The van der Waals surface area contributed by atoms with Crippen LogP contribution in [0, 0.1) is 0 Å². The second kappa shape index (κ2) is 7.06. The van der Waals surface area contributed by atoms with Gasteiger partial charge in [-0.25, -0.2) is 4.68 Å². The van der Waals surface area contributed by atoms with E-state index in [0.717, 1.165) is 17.8 Å². The topological polar surface area (TPSA) is 38.1 Å². The number of hydrogen-bond donors (Lipinski definition) is 1. The third-order valence-electron chi connectivity index (χ3n) is 4.73. The second-order valence-corrected chi connectivity index (χ2v) is 7.32. The molecule has 3 aromatic carbocycles. The van der Waals surface area contributed by atoms with Crippen molar-refractivity contribution in [1.29, 1.82) is 0 Å². The number of nitrogens with zero attached hydrogens (tertiary/aromatic N) is 2. The SMILES string of the molecule is OC(c1ccc(Cl)c(Cl)c1)(c1ccc2c(cnn2-c2ccccc2)c1)C(F)(F)F. The first-order valence-electron chi connectivity index (χ1n) is 8.50. The predicted molar refractivity (Wildman–Crippen MR) is 107 cm³/mol. The van der Waals surface area contributed by atoms with Gasteiger partial charge in [0.2, 0.25) is 5.60 Å². The lowest BCUT2D eigenvalue weighted by Gasteiger charge is -2.31. The van der Waals surface area contributed by atoms with E-state index in [0.29, 0.717) is 10.9 Å². The van der Waals surface area contributed by atoms with Crippen molar-refractivity contribution in [2.75, 3.05) is 0 Å². The summed E-state index contributed by atoms with van der Waals surface area (Å²) in [5, 5.41) is 15.6. The molecule has 4 aromatic rings. The Labute approximate surface area is 173 Å². The Morgan fingerprint density at radius 2 is 1.48 bits per heavy atom. The molecule has 8 heteroatoms. The Morgan fingerprint density at radius 3 is 2.14 bits per heavy atom. The molecule has 0 spiro atoms. The molecular formula is C21H13Cl2F3N2O. The number of para-hydroxylation sites is 1. The smallest absolute Gasteiger partial charge is 0.372 e. The third kappa shape index (κ3) is 3.27. The molecule has 0 aliphatic rings. The molecule has 29 heavy (non-hydrogen) atoms. The Hall–Kier alpha value is -2.54. The molecule has 0 aliphatic carbocycles. The van der Waals surface area contributed by atoms with Crippen LogP contribution in [-0.4, -0.2) is 21.1 Å². The van der Waals surface area contributed by atoms with E-state index < -0.39 is 17.3 Å². The summed E-state index contributed by atoms with van der Waals surface area (Å²) in [5.41, 5.74) is -2.65. The summed E-state index contributed by atoms with van der Waals surface area (Å²) in [7, 11) is 0. The number of halogens is 5. The highest BCUT2D eigenvalue weighted by Crippen LogP contribution is 2.46. The average Bonchev–Trinajstić information content (AvgIpc) is 3.12. The van der Waals surface area contributed by atoms with Gasteiger partial charge in [-0.2, -0.15) is 18.3 Å². The molecule has 4 rings (SSSR count). The van der Waals surface area contributed by atoms with E-state index in [2.05, 4.69) is 5.10 Å². The first kappa shape index (κ1) is 19.8. The Morgan fingerprint density at radius 1 is 0.828 bits per heavy atom. The maximum atomic E-state index is 14.0. The number of aromatic nitrogens is 2. The van der Waals surface area contributed by atoms with Gasteiger partial charge in [-0.1, -0.05) is 53.5 Å².